The van der Waals surface area contributed by atoms with Crippen LogP contribution >= 0.6 is 0 Å². The maximum atomic E-state index is 13.1. The second kappa shape index (κ2) is 7.06. The van der Waals surface area contributed by atoms with Gasteiger partial charge >= 0.3 is 0 Å². The minimum Gasteiger partial charge on any atom is -0.368 e. The van der Waals surface area contributed by atoms with E-state index in [0.717, 1.165) is 43.7 Å². The van der Waals surface area contributed by atoms with Gasteiger partial charge < -0.3 is 15.1 Å². The number of hydrogen-bond acceptors (Lipinski definition) is 5. The molecule has 2 heterocycles. The van der Waals surface area contributed by atoms with E-state index in [-0.39, 0.29) is 28.5 Å². The van der Waals surface area contributed by atoms with Crippen molar-refractivity contribution in [2.45, 2.75) is 31.3 Å². The minimum atomic E-state index is -0.362. The van der Waals surface area contributed by atoms with E-state index in [1.165, 1.54) is 5.69 Å². The molecule has 2 atom stereocenters. The number of fused-ring (bicyclic) bond motifs is 3. The van der Waals surface area contributed by atoms with E-state index in [0.29, 0.717) is 12.5 Å². The van der Waals surface area contributed by atoms with E-state index in [1.807, 2.05) is 24.3 Å². The summed E-state index contributed by atoms with van der Waals surface area (Å²) in [4.78, 5) is 28.6. The van der Waals surface area contributed by atoms with Gasteiger partial charge in [0, 0.05) is 49.2 Å². The fraction of sp³-hybridized carbons (Fsp3) is 0.409. The second-order valence-electron chi connectivity index (χ2n) is 8.21. The number of para-hydroxylation sites is 1. The van der Waals surface area contributed by atoms with Gasteiger partial charge in [-0.25, -0.2) is 0 Å². The van der Waals surface area contributed by atoms with Gasteiger partial charge in [-0.1, -0.05) is 18.2 Å². The third kappa shape index (κ3) is 3.41. The molecule has 0 aromatic heterocycles. The van der Waals surface area contributed by atoms with Gasteiger partial charge in [0.1, 0.15) is 0 Å². The highest BCUT2D eigenvalue weighted by molar-refractivity contribution is 5.83. The highest BCUT2D eigenvalue weighted by Gasteiger charge is 2.43. The quantitative estimate of drug-likeness (QED) is 0.639. The molecule has 5 rings (SSSR count). The number of piperazine rings is 1. The van der Waals surface area contributed by atoms with E-state index in [4.69, 9.17) is 0 Å². The molecular weight excluding hydrogens is 368 g/mol. The lowest BCUT2D eigenvalue weighted by Gasteiger charge is -2.49. The molecule has 1 saturated heterocycles. The van der Waals surface area contributed by atoms with Crippen molar-refractivity contribution in [3.05, 3.63) is 64.2 Å². The molecule has 1 N–H and O–H groups in total. The van der Waals surface area contributed by atoms with Gasteiger partial charge in [0.2, 0.25) is 5.91 Å². The molecule has 0 spiro atoms. The molecule has 0 radical (unpaired) electrons. The number of nitrogens with one attached hydrogen (secondary N) is 1. The molecule has 2 aliphatic heterocycles. The van der Waals surface area contributed by atoms with Crippen molar-refractivity contribution < 1.29 is 9.72 Å². The van der Waals surface area contributed by atoms with Crippen LogP contribution in [0.2, 0.25) is 0 Å². The van der Waals surface area contributed by atoms with E-state index in [2.05, 4.69) is 27.2 Å². The van der Waals surface area contributed by atoms with E-state index in [9.17, 15) is 14.9 Å². The Morgan fingerprint density at radius 3 is 2.62 bits per heavy atom. The fourth-order valence-electron chi connectivity index (χ4n) is 4.63. The Morgan fingerprint density at radius 1 is 1.10 bits per heavy atom. The Kier molecular flexibility index (Phi) is 4.38. The SMILES string of the molecule is O=C(NC1CC1)[C@H]1Cc2cc([N+](=O)[O-])ccc2N2CCN(c3ccccc3)C[C@H]12. The number of nitro benzene ring substituents is 1. The first-order valence-corrected chi connectivity index (χ1v) is 10.2. The van der Waals surface area contributed by atoms with Gasteiger partial charge in [-0.05, 0) is 43.0 Å². The summed E-state index contributed by atoms with van der Waals surface area (Å²) in [7, 11) is 0. The highest BCUT2D eigenvalue weighted by atomic mass is 16.6. The Morgan fingerprint density at radius 2 is 1.90 bits per heavy atom. The molecule has 150 valence electrons. The maximum Gasteiger partial charge on any atom is 0.269 e. The van der Waals surface area contributed by atoms with E-state index < -0.39 is 0 Å². The van der Waals surface area contributed by atoms with E-state index >= 15 is 0 Å². The number of amides is 1. The minimum absolute atomic E-state index is 0.0525. The Hall–Kier alpha value is -3.09. The topological polar surface area (TPSA) is 78.7 Å². The van der Waals surface area contributed by atoms with Gasteiger partial charge in [0.15, 0.2) is 0 Å². The number of rotatable bonds is 4. The van der Waals surface area contributed by atoms with Crippen molar-refractivity contribution >= 4 is 23.0 Å². The number of carbonyl (C=O) groups excluding carboxylic acids is 1. The first-order chi connectivity index (χ1) is 14.1. The van der Waals surface area contributed by atoms with Crippen LogP contribution in [0.4, 0.5) is 17.1 Å². The summed E-state index contributed by atoms with van der Waals surface area (Å²) in [6.07, 6.45) is 2.63. The van der Waals surface area contributed by atoms with Gasteiger partial charge in [-0.15, -0.1) is 0 Å². The van der Waals surface area contributed by atoms with Crippen molar-refractivity contribution in [2.24, 2.45) is 5.92 Å². The Labute approximate surface area is 169 Å². The summed E-state index contributed by atoms with van der Waals surface area (Å²) < 4.78 is 0. The lowest BCUT2D eigenvalue weighted by Crippen LogP contribution is -2.61. The third-order valence-electron chi connectivity index (χ3n) is 6.29. The van der Waals surface area contributed by atoms with Crippen LogP contribution in [0.5, 0.6) is 0 Å². The number of benzene rings is 2. The molecule has 2 aromatic carbocycles. The van der Waals surface area contributed by atoms with Gasteiger partial charge in [-0.3, -0.25) is 14.9 Å². The molecule has 2 fully saturated rings. The van der Waals surface area contributed by atoms with Crippen LogP contribution in [0, 0.1) is 16.0 Å². The Bertz CT molecular complexity index is 944. The lowest BCUT2D eigenvalue weighted by molar-refractivity contribution is -0.384. The Balaban J connectivity index is 1.48. The molecular formula is C22H24N4O3. The van der Waals surface area contributed by atoms with Crippen molar-refractivity contribution in [1.29, 1.82) is 0 Å². The van der Waals surface area contributed by atoms with Crippen LogP contribution in [0.3, 0.4) is 0 Å². The number of carbonyl (C=O) groups is 1. The fourth-order valence-corrected chi connectivity index (χ4v) is 4.63. The first-order valence-electron chi connectivity index (χ1n) is 10.2. The van der Waals surface area contributed by atoms with Crippen LogP contribution < -0.4 is 15.1 Å². The second-order valence-corrected chi connectivity index (χ2v) is 8.21. The van der Waals surface area contributed by atoms with Crippen molar-refractivity contribution in [1.82, 2.24) is 5.32 Å². The van der Waals surface area contributed by atoms with Crippen LogP contribution in [0.25, 0.3) is 0 Å². The average molecular weight is 392 g/mol. The predicted molar refractivity (Wildman–Crippen MR) is 111 cm³/mol. The number of anilines is 2. The third-order valence-corrected chi connectivity index (χ3v) is 6.29. The normalized spacial score (nSPS) is 23.2. The largest absolute Gasteiger partial charge is 0.368 e. The van der Waals surface area contributed by atoms with E-state index in [1.54, 1.807) is 12.1 Å². The molecule has 29 heavy (non-hydrogen) atoms. The average Bonchev–Trinajstić information content (AvgIpc) is 3.56. The highest BCUT2D eigenvalue weighted by Crippen LogP contribution is 2.39. The molecule has 3 aliphatic rings. The van der Waals surface area contributed by atoms with Gasteiger partial charge in [0.25, 0.3) is 5.69 Å². The predicted octanol–water partition coefficient (Wildman–Crippen LogP) is 2.74. The zero-order valence-corrected chi connectivity index (χ0v) is 16.2. The summed E-state index contributed by atoms with van der Waals surface area (Å²) in [5, 5.41) is 14.4. The van der Waals surface area contributed by atoms with Gasteiger partial charge in [0.05, 0.1) is 16.9 Å². The van der Waals surface area contributed by atoms with Crippen molar-refractivity contribution in [3.8, 4) is 0 Å². The number of nitro groups is 1. The smallest absolute Gasteiger partial charge is 0.269 e. The maximum absolute atomic E-state index is 13.1. The van der Waals surface area contributed by atoms with Crippen molar-refractivity contribution in [3.63, 3.8) is 0 Å². The summed E-state index contributed by atoms with van der Waals surface area (Å²) in [6.45, 7) is 2.41. The number of non-ortho nitro benzene ring substituents is 1. The zero-order chi connectivity index (χ0) is 20.0. The van der Waals surface area contributed by atoms with Crippen LogP contribution in [-0.4, -0.2) is 42.5 Å². The zero-order valence-electron chi connectivity index (χ0n) is 16.2. The summed E-state index contributed by atoms with van der Waals surface area (Å²) >= 11 is 0. The lowest BCUT2D eigenvalue weighted by atomic mass is 9.83. The van der Waals surface area contributed by atoms with Crippen molar-refractivity contribution in [2.75, 3.05) is 29.4 Å². The molecule has 1 saturated carbocycles. The van der Waals surface area contributed by atoms with Crippen LogP contribution in [0.15, 0.2) is 48.5 Å². The monoisotopic (exact) mass is 392 g/mol. The number of nitrogens with zero attached hydrogens (tertiary/aromatic N) is 3. The molecule has 7 heteroatoms. The summed E-state index contributed by atoms with van der Waals surface area (Å²) in [5.41, 5.74) is 3.19. The molecule has 1 amide bonds. The van der Waals surface area contributed by atoms with Crippen LogP contribution in [-0.2, 0) is 11.2 Å². The molecule has 0 unspecified atom stereocenters. The van der Waals surface area contributed by atoms with Crippen LogP contribution in [0.1, 0.15) is 18.4 Å². The summed E-state index contributed by atoms with van der Waals surface area (Å²) in [6, 6.07) is 15.7. The molecule has 7 nitrogen and oxygen atoms in total. The number of hydrogen-bond donors (Lipinski definition) is 1. The molecule has 0 bridgehead atoms. The molecule has 1 aliphatic carbocycles. The standard InChI is InChI=1S/C22H24N4O3/c27-22(23-16-6-7-16)19-13-15-12-18(26(28)29)8-9-20(15)25-11-10-24(14-21(19)25)17-4-2-1-3-5-17/h1-5,8-9,12,16,19,21H,6-7,10-11,13-14H2,(H,23,27)/t19-,21+/m0/s1. The summed E-state index contributed by atoms with van der Waals surface area (Å²) in [5.74, 6) is -0.133. The molecule has 2 aromatic rings. The first kappa shape index (κ1) is 18.0. The van der Waals surface area contributed by atoms with Gasteiger partial charge in [-0.2, -0.15) is 0 Å².